The number of carbonyl (C=O) groups excluding carboxylic acids is 1. The molecule has 23 heavy (non-hydrogen) atoms. The van der Waals surface area contributed by atoms with Crippen molar-refractivity contribution in [1.29, 1.82) is 0 Å². The van der Waals surface area contributed by atoms with E-state index in [0.29, 0.717) is 17.3 Å². The number of anilines is 1. The first-order valence-electron chi connectivity index (χ1n) is 6.97. The van der Waals surface area contributed by atoms with Crippen LogP contribution >= 0.6 is 0 Å². The van der Waals surface area contributed by atoms with Crippen LogP contribution in [-0.2, 0) is 0 Å². The van der Waals surface area contributed by atoms with Crippen molar-refractivity contribution in [3.05, 3.63) is 60.3 Å². The molecule has 0 aliphatic rings. The minimum Gasteiger partial charge on any atom is -0.497 e. The van der Waals surface area contributed by atoms with Crippen LogP contribution in [0.25, 0.3) is 5.82 Å². The Morgan fingerprint density at radius 3 is 2.74 bits per heavy atom. The Bertz CT molecular complexity index is 826. The Labute approximate surface area is 133 Å². The molecule has 2 heterocycles. The quantitative estimate of drug-likeness (QED) is 0.799. The summed E-state index contributed by atoms with van der Waals surface area (Å²) < 4.78 is 6.91. The van der Waals surface area contributed by atoms with E-state index in [9.17, 15) is 4.79 Å². The molecule has 3 aromatic rings. The van der Waals surface area contributed by atoms with Gasteiger partial charge in [0.1, 0.15) is 11.6 Å². The first kappa shape index (κ1) is 14.7. The summed E-state index contributed by atoms with van der Waals surface area (Å²) in [5.74, 6) is 1.74. The second-order valence-electron chi connectivity index (χ2n) is 4.81. The average Bonchev–Trinajstić information content (AvgIpc) is 3.01. The second kappa shape index (κ2) is 6.27. The molecule has 0 atom stereocenters. The third kappa shape index (κ3) is 3.18. The molecule has 0 spiro atoms. The topological polar surface area (TPSA) is 81.9 Å². The molecule has 1 N–H and O–H groups in total. The number of aryl methyl sites for hydroxylation is 1. The van der Waals surface area contributed by atoms with E-state index in [0.717, 1.165) is 5.82 Å². The monoisotopic (exact) mass is 309 g/mol. The number of amides is 1. The van der Waals surface area contributed by atoms with Gasteiger partial charge in [-0.15, -0.1) is 10.2 Å². The van der Waals surface area contributed by atoms with Gasteiger partial charge in [-0.1, -0.05) is 6.07 Å². The van der Waals surface area contributed by atoms with E-state index >= 15 is 0 Å². The molecule has 3 rings (SSSR count). The number of hydrogen-bond acceptors (Lipinski definition) is 5. The molecule has 0 radical (unpaired) electrons. The third-order valence-electron chi connectivity index (χ3n) is 3.28. The van der Waals surface area contributed by atoms with Gasteiger partial charge in [0.05, 0.1) is 7.11 Å². The fraction of sp³-hybridized carbons (Fsp3) is 0.125. The predicted octanol–water partition coefficient (Wildman–Crippen LogP) is 2.23. The van der Waals surface area contributed by atoms with Gasteiger partial charge in [0.25, 0.3) is 5.91 Å². The van der Waals surface area contributed by atoms with Crippen LogP contribution in [0.2, 0.25) is 0 Å². The van der Waals surface area contributed by atoms with Gasteiger partial charge in [-0.25, -0.2) is 4.98 Å². The number of hydrogen-bond donors (Lipinski definition) is 1. The Morgan fingerprint density at radius 2 is 2.09 bits per heavy atom. The fourth-order valence-electron chi connectivity index (χ4n) is 2.09. The Balaban J connectivity index is 1.76. The lowest BCUT2D eigenvalue weighted by molar-refractivity contribution is 0.102. The van der Waals surface area contributed by atoms with Gasteiger partial charge in [0, 0.05) is 24.1 Å². The lowest BCUT2D eigenvalue weighted by Crippen LogP contribution is -2.15. The van der Waals surface area contributed by atoms with Crippen LogP contribution in [0.1, 0.15) is 16.3 Å². The molecule has 1 aromatic carbocycles. The van der Waals surface area contributed by atoms with Crippen molar-refractivity contribution >= 4 is 11.6 Å². The molecule has 116 valence electrons. The van der Waals surface area contributed by atoms with Crippen LogP contribution in [0.5, 0.6) is 5.75 Å². The summed E-state index contributed by atoms with van der Waals surface area (Å²) in [6, 6.07) is 10.5. The van der Waals surface area contributed by atoms with Crippen LogP contribution in [0.3, 0.4) is 0 Å². The van der Waals surface area contributed by atoms with Crippen LogP contribution in [0.15, 0.2) is 48.8 Å². The maximum atomic E-state index is 12.2. The minimum atomic E-state index is -0.334. The van der Waals surface area contributed by atoms with Gasteiger partial charge in [-0.05, 0) is 31.2 Å². The molecule has 7 heteroatoms. The molecule has 0 aliphatic carbocycles. The van der Waals surface area contributed by atoms with E-state index in [1.165, 1.54) is 0 Å². The van der Waals surface area contributed by atoms with E-state index in [1.54, 1.807) is 60.5 Å². The number of methoxy groups -OCH3 is 1. The highest BCUT2D eigenvalue weighted by molar-refractivity contribution is 6.02. The van der Waals surface area contributed by atoms with Crippen molar-refractivity contribution in [3.8, 4) is 11.6 Å². The summed E-state index contributed by atoms with van der Waals surface area (Å²) in [5, 5.41) is 10.8. The summed E-state index contributed by atoms with van der Waals surface area (Å²) in [5.41, 5.74) is 0.861. The summed E-state index contributed by atoms with van der Waals surface area (Å²) >= 11 is 0. The van der Waals surface area contributed by atoms with E-state index < -0.39 is 0 Å². The van der Waals surface area contributed by atoms with Crippen molar-refractivity contribution < 1.29 is 9.53 Å². The Morgan fingerprint density at radius 1 is 1.22 bits per heavy atom. The van der Waals surface area contributed by atoms with Gasteiger partial charge in [0.15, 0.2) is 11.5 Å². The molecule has 7 nitrogen and oxygen atoms in total. The van der Waals surface area contributed by atoms with E-state index in [2.05, 4.69) is 20.5 Å². The third-order valence-corrected chi connectivity index (χ3v) is 3.28. The minimum absolute atomic E-state index is 0.231. The van der Waals surface area contributed by atoms with Crippen LogP contribution in [-0.4, -0.2) is 32.8 Å². The summed E-state index contributed by atoms with van der Waals surface area (Å²) in [7, 11) is 1.57. The van der Waals surface area contributed by atoms with Crippen LogP contribution in [0, 0.1) is 6.92 Å². The predicted molar refractivity (Wildman–Crippen MR) is 84.8 cm³/mol. The molecule has 0 saturated heterocycles. The number of nitrogens with one attached hydrogen (secondary N) is 1. The number of imidazole rings is 1. The SMILES string of the molecule is COc1cccc(NC(=O)c2ccc(-n3ccnc3C)nn2)c1. The number of carbonyl (C=O) groups is 1. The van der Waals surface area contributed by atoms with Gasteiger partial charge in [0.2, 0.25) is 0 Å². The first-order chi connectivity index (χ1) is 11.2. The van der Waals surface area contributed by atoms with Crippen molar-refractivity contribution in [2.75, 3.05) is 12.4 Å². The number of rotatable bonds is 4. The van der Waals surface area contributed by atoms with Crippen molar-refractivity contribution in [2.24, 2.45) is 0 Å². The van der Waals surface area contributed by atoms with E-state index in [4.69, 9.17) is 4.74 Å². The standard InChI is InChI=1S/C16H15N5O2/c1-11-17-8-9-21(11)15-7-6-14(19-20-15)16(22)18-12-4-3-5-13(10-12)23-2/h3-10H,1-2H3,(H,18,22). The first-order valence-corrected chi connectivity index (χ1v) is 6.97. The zero-order valence-corrected chi connectivity index (χ0v) is 12.7. The van der Waals surface area contributed by atoms with Gasteiger partial charge in [-0.3, -0.25) is 9.36 Å². The van der Waals surface area contributed by atoms with Crippen molar-refractivity contribution in [1.82, 2.24) is 19.7 Å². The normalized spacial score (nSPS) is 10.3. The zero-order valence-electron chi connectivity index (χ0n) is 12.7. The highest BCUT2D eigenvalue weighted by Crippen LogP contribution is 2.17. The van der Waals surface area contributed by atoms with Crippen molar-refractivity contribution in [2.45, 2.75) is 6.92 Å². The summed E-state index contributed by atoms with van der Waals surface area (Å²) in [4.78, 5) is 16.3. The van der Waals surface area contributed by atoms with Gasteiger partial charge in [-0.2, -0.15) is 0 Å². The molecule has 0 bridgehead atoms. The fourth-order valence-corrected chi connectivity index (χ4v) is 2.09. The highest BCUT2D eigenvalue weighted by Gasteiger charge is 2.10. The Kier molecular flexibility index (Phi) is 4.01. The number of benzene rings is 1. The molecule has 0 saturated carbocycles. The molecule has 0 unspecified atom stereocenters. The zero-order chi connectivity index (χ0) is 16.2. The lowest BCUT2D eigenvalue weighted by Gasteiger charge is -2.07. The van der Waals surface area contributed by atoms with Crippen LogP contribution in [0.4, 0.5) is 5.69 Å². The van der Waals surface area contributed by atoms with Gasteiger partial charge >= 0.3 is 0 Å². The van der Waals surface area contributed by atoms with Crippen LogP contribution < -0.4 is 10.1 Å². The second-order valence-corrected chi connectivity index (χ2v) is 4.81. The largest absolute Gasteiger partial charge is 0.497 e. The lowest BCUT2D eigenvalue weighted by atomic mass is 10.3. The smallest absolute Gasteiger partial charge is 0.276 e. The van der Waals surface area contributed by atoms with Crippen molar-refractivity contribution in [3.63, 3.8) is 0 Å². The summed E-state index contributed by atoms with van der Waals surface area (Å²) in [6.45, 7) is 1.87. The summed E-state index contributed by atoms with van der Waals surface area (Å²) in [6.07, 6.45) is 3.47. The molecule has 0 fully saturated rings. The molecule has 0 aliphatic heterocycles. The Hall–Kier alpha value is -3.22. The van der Waals surface area contributed by atoms with Gasteiger partial charge < -0.3 is 10.1 Å². The number of aromatic nitrogens is 4. The molecular weight excluding hydrogens is 294 g/mol. The van der Waals surface area contributed by atoms with E-state index in [1.807, 2.05) is 6.92 Å². The number of nitrogens with zero attached hydrogens (tertiary/aromatic N) is 4. The average molecular weight is 309 g/mol. The maximum absolute atomic E-state index is 12.2. The number of ether oxygens (including phenoxy) is 1. The van der Waals surface area contributed by atoms with E-state index in [-0.39, 0.29) is 11.6 Å². The highest BCUT2D eigenvalue weighted by atomic mass is 16.5. The molecule has 1 amide bonds. The molecular formula is C16H15N5O2. The molecule has 2 aromatic heterocycles. The maximum Gasteiger partial charge on any atom is 0.276 e.